The first-order chi connectivity index (χ1) is 12.5. The molecule has 2 N–H and O–H groups in total. The van der Waals surface area contributed by atoms with E-state index in [-0.39, 0.29) is 24.0 Å². The van der Waals surface area contributed by atoms with Crippen molar-refractivity contribution < 1.29 is 4.79 Å². The number of benzene rings is 2. The zero-order valence-electron chi connectivity index (χ0n) is 14.9. The number of hydrazine groups is 1. The summed E-state index contributed by atoms with van der Waals surface area (Å²) in [5, 5.41) is 6.01. The average Bonchev–Trinajstić information content (AvgIpc) is 2.95. The van der Waals surface area contributed by atoms with Crippen LogP contribution in [-0.4, -0.2) is 23.1 Å². The van der Waals surface area contributed by atoms with Crippen LogP contribution in [-0.2, 0) is 11.2 Å². The summed E-state index contributed by atoms with van der Waals surface area (Å²) in [6, 6.07) is 18.2. The summed E-state index contributed by atoms with van der Waals surface area (Å²) in [4.78, 5) is 13.2. The maximum atomic E-state index is 13.2. The molecule has 0 aromatic heterocycles. The molecule has 2 aliphatic rings. The number of fused-ring (bicyclic) bond motifs is 1. The van der Waals surface area contributed by atoms with Crippen molar-refractivity contribution in [2.75, 3.05) is 0 Å². The van der Waals surface area contributed by atoms with Gasteiger partial charge in [-0.3, -0.25) is 9.80 Å². The Bertz CT molecular complexity index is 865. The highest BCUT2D eigenvalue weighted by atomic mass is 35.5. The number of hydrogen-bond acceptors (Lipinski definition) is 3. The van der Waals surface area contributed by atoms with E-state index in [4.69, 9.17) is 11.6 Å². The zero-order valence-corrected chi connectivity index (χ0v) is 15.6. The summed E-state index contributed by atoms with van der Waals surface area (Å²) in [7, 11) is 0. The summed E-state index contributed by atoms with van der Waals surface area (Å²) in [6.07, 6.45) is 0.482. The maximum Gasteiger partial charge on any atom is 0.267 e. The molecule has 1 amide bonds. The number of allylic oxidation sites excluding steroid dienone is 1. The topological polar surface area (TPSA) is 44.4 Å². The number of carbonyl (C=O) groups excluding carboxylic acids is 1. The molecule has 2 aromatic rings. The monoisotopic (exact) mass is 367 g/mol. The maximum absolute atomic E-state index is 13.2. The highest BCUT2D eigenvalue weighted by molar-refractivity contribution is 6.30. The number of amides is 1. The first-order valence-electron chi connectivity index (χ1n) is 8.90. The van der Waals surface area contributed by atoms with Gasteiger partial charge in [-0.1, -0.05) is 54.1 Å². The number of nitrogens with zero attached hydrogens (tertiary/aromatic N) is 1. The molecule has 3 unspecified atom stereocenters. The first kappa shape index (κ1) is 17.1. The Morgan fingerprint density at radius 2 is 1.88 bits per heavy atom. The standard InChI is InChI=1S/C21H22ClN3O/c1-13-18(12-15-7-6-10-17(22)11-15)21(26)25-20(23-13)19(14(2)24-25)16-8-4-3-5-9-16/h3-11,14,19-20,23-24H,12H2,1-2H3. The number of nitrogens with one attached hydrogen (secondary N) is 2. The Balaban J connectivity index is 1.64. The number of rotatable bonds is 3. The molecule has 26 heavy (non-hydrogen) atoms. The Morgan fingerprint density at radius 3 is 2.62 bits per heavy atom. The molecule has 134 valence electrons. The minimum atomic E-state index is -0.0805. The molecule has 0 spiro atoms. The van der Waals surface area contributed by atoms with E-state index in [1.165, 1.54) is 5.56 Å². The van der Waals surface area contributed by atoms with Gasteiger partial charge in [-0.2, -0.15) is 0 Å². The van der Waals surface area contributed by atoms with Crippen LogP contribution in [0.4, 0.5) is 0 Å². The van der Waals surface area contributed by atoms with Crippen LogP contribution in [0, 0.1) is 0 Å². The molecule has 0 saturated carbocycles. The highest BCUT2D eigenvalue weighted by Gasteiger charge is 2.46. The van der Waals surface area contributed by atoms with Crippen LogP contribution in [0.1, 0.15) is 30.9 Å². The summed E-state index contributed by atoms with van der Waals surface area (Å²) in [5.74, 6) is 0.235. The van der Waals surface area contributed by atoms with Gasteiger partial charge >= 0.3 is 0 Å². The molecule has 2 aromatic carbocycles. The molecule has 4 nitrogen and oxygen atoms in total. The Kier molecular flexibility index (Phi) is 4.47. The van der Waals surface area contributed by atoms with Crippen LogP contribution in [0.15, 0.2) is 65.9 Å². The molecule has 5 heteroatoms. The van der Waals surface area contributed by atoms with Crippen LogP contribution in [0.3, 0.4) is 0 Å². The van der Waals surface area contributed by atoms with E-state index in [1.807, 2.05) is 49.4 Å². The predicted octanol–water partition coefficient (Wildman–Crippen LogP) is 3.60. The lowest BCUT2D eigenvalue weighted by Crippen LogP contribution is -2.54. The second-order valence-electron chi connectivity index (χ2n) is 7.03. The highest BCUT2D eigenvalue weighted by Crippen LogP contribution is 2.35. The Morgan fingerprint density at radius 1 is 1.12 bits per heavy atom. The van der Waals surface area contributed by atoms with Crippen molar-refractivity contribution in [3.8, 4) is 0 Å². The fraction of sp³-hybridized carbons (Fsp3) is 0.286. The van der Waals surface area contributed by atoms with Crippen molar-refractivity contribution in [2.24, 2.45) is 0 Å². The molecule has 4 rings (SSSR count). The zero-order chi connectivity index (χ0) is 18.3. The van der Waals surface area contributed by atoms with Crippen molar-refractivity contribution in [1.29, 1.82) is 0 Å². The lowest BCUT2D eigenvalue weighted by Gasteiger charge is -2.35. The fourth-order valence-corrected chi connectivity index (χ4v) is 4.19. The van der Waals surface area contributed by atoms with E-state index in [9.17, 15) is 4.79 Å². The average molecular weight is 368 g/mol. The number of halogens is 1. The minimum absolute atomic E-state index is 0.0384. The molecule has 2 aliphatic heterocycles. The van der Waals surface area contributed by atoms with Crippen LogP contribution in [0.25, 0.3) is 0 Å². The summed E-state index contributed by atoms with van der Waals surface area (Å²) >= 11 is 6.09. The van der Waals surface area contributed by atoms with E-state index < -0.39 is 0 Å². The van der Waals surface area contributed by atoms with Gasteiger partial charge < -0.3 is 5.32 Å². The largest absolute Gasteiger partial charge is 0.367 e. The molecule has 1 saturated heterocycles. The number of hydrogen-bond donors (Lipinski definition) is 2. The van der Waals surface area contributed by atoms with E-state index in [0.29, 0.717) is 11.4 Å². The van der Waals surface area contributed by atoms with E-state index in [2.05, 4.69) is 29.8 Å². The van der Waals surface area contributed by atoms with Gasteiger partial charge in [0.1, 0.15) is 6.17 Å². The summed E-state index contributed by atoms with van der Waals surface area (Å²) in [5.41, 5.74) is 7.34. The van der Waals surface area contributed by atoms with Crippen LogP contribution >= 0.6 is 11.6 Å². The lowest BCUT2D eigenvalue weighted by atomic mass is 9.90. The Hall–Kier alpha value is -2.30. The summed E-state index contributed by atoms with van der Waals surface area (Å²) < 4.78 is 0. The third-order valence-corrected chi connectivity index (χ3v) is 5.48. The van der Waals surface area contributed by atoms with Gasteiger partial charge in [-0.05, 0) is 37.1 Å². The predicted molar refractivity (Wildman–Crippen MR) is 103 cm³/mol. The molecule has 0 bridgehead atoms. The molecule has 3 atom stereocenters. The molecule has 0 radical (unpaired) electrons. The van der Waals surface area contributed by atoms with Crippen molar-refractivity contribution in [2.45, 2.75) is 38.4 Å². The van der Waals surface area contributed by atoms with Gasteiger partial charge in [0.2, 0.25) is 0 Å². The lowest BCUT2D eigenvalue weighted by molar-refractivity contribution is -0.132. The molecular weight excluding hydrogens is 346 g/mol. The summed E-state index contributed by atoms with van der Waals surface area (Å²) in [6.45, 7) is 4.11. The Labute approximate surface area is 158 Å². The van der Waals surface area contributed by atoms with Crippen LogP contribution in [0.2, 0.25) is 5.02 Å². The van der Waals surface area contributed by atoms with E-state index in [1.54, 1.807) is 5.01 Å². The van der Waals surface area contributed by atoms with E-state index in [0.717, 1.165) is 16.8 Å². The van der Waals surface area contributed by atoms with Gasteiger partial charge in [-0.25, -0.2) is 5.43 Å². The smallest absolute Gasteiger partial charge is 0.267 e. The molecule has 0 aliphatic carbocycles. The molecular formula is C21H22ClN3O. The third kappa shape index (κ3) is 3.00. The van der Waals surface area contributed by atoms with Crippen LogP contribution < -0.4 is 10.7 Å². The van der Waals surface area contributed by atoms with Gasteiger partial charge in [0, 0.05) is 34.7 Å². The van der Waals surface area contributed by atoms with Gasteiger partial charge in [-0.15, -0.1) is 0 Å². The second kappa shape index (κ2) is 6.78. The number of carbonyl (C=O) groups is 1. The second-order valence-corrected chi connectivity index (χ2v) is 7.47. The van der Waals surface area contributed by atoms with Gasteiger partial charge in [0.05, 0.1) is 0 Å². The molecule has 2 heterocycles. The van der Waals surface area contributed by atoms with Gasteiger partial charge in [0.25, 0.3) is 5.91 Å². The van der Waals surface area contributed by atoms with E-state index >= 15 is 0 Å². The van der Waals surface area contributed by atoms with Crippen molar-refractivity contribution >= 4 is 17.5 Å². The fourth-order valence-electron chi connectivity index (χ4n) is 3.97. The molecule has 1 fully saturated rings. The normalized spacial score (nSPS) is 25.3. The van der Waals surface area contributed by atoms with Crippen molar-refractivity contribution in [3.05, 3.63) is 82.0 Å². The van der Waals surface area contributed by atoms with Crippen molar-refractivity contribution in [1.82, 2.24) is 15.8 Å². The quantitative estimate of drug-likeness (QED) is 0.871. The minimum Gasteiger partial charge on any atom is -0.367 e. The van der Waals surface area contributed by atoms with Crippen molar-refractivity contribution in [3.63, 3.8) is 0 Å². The van der Waals surface area contributed by atoms with Gasteiger partial charge in [0.15, 0.2) is 0 Å². The third-order valence-electron chi connectivity index (χ3n) is 5.25. The van der Waals surface area contributed by atoms with Crippen LogP contribution in [0.5, 0.6) is 0 Å². The SMILES string of the molecule is CC1=C(Cc2cccc(Cl)c2)C(=O)N2NC(C)C(c3ccccc3)C2N1. The first-order valence-corrected chi connectivity index (χ1v) is 9.28.